The van der Waals surface area contributed by atoms with Gasteiger partial charge in [0, 0.05) is 13.1 Å². The second-order valence-electron chi connectivity index (χ2n) is 5.64. The molecule has 0 saturated carbocycles. The fourth-order valence-corrected chi connectivity index (χ4v) is 3.32. The van der Waals surface area contributed by atoms with E-state index in [0.717, 1.165) is 11.1 Å². The van der Waals surface area contributed by atoms with Gasteiger partial charge in [-0.1, -0.05) is 32.9 Å². The Balaban J connectivity index is 2.95. The molecule has 0 aliphatic heterocycles. The van der Waals surface area contributed by atoms with E-state index in [4.69, 9.17) is 0 Å². The molecule has 2 N–H and O–H groups in total. The van der Waals surface area contributed by atoms with Crippen LogP contribution in [0.2, 0.25) is 0 Å². The van der Waals surface area contributed by atoms with E-state index < -0.39 is 10.0 Å². The van der Waals surface area contributed by atoms with Crippen molar-refractivity contribution in [3.05, 3.63) is 29.3 Å². The molecule has 0 aliphatic carbocycles. The minimum Gasteiger partial charge on any atom is -0.316 e. The Kier molecular flexibility index (Phi) is 6.17. The largest absolute Gasteiger partial charge is 0.316 e. The van der Waals surface area contributed by atoms with Crippen LogP contribution in [-0.4, -0.2) is 22.0 Å². The van der Waals surface area contributed by atoms with E-state index in [2.05, 4.69) is 30.8 Å². The summed E-state index contributed by atoms with van der Waals surface area (Å²) in [5.41, 5.74) is 1.82. The zero-order chi connectivity index (χ0) is 15.3. The van der Waals surface area contributed by atoms with Crippen molar-refractivity contribution in [3.63, 3.8) is 0 Å². The lowest BCUT2D eigenvalue weighted by Gasteiger charge is -2.17. The van der Waals surface area contributed by atoms with Crippen molar-refractivity contribution in [1.29, 1.82) is 0 Å². The molecule has 114 valence electrons. The van der Waals surface area contributed by atoms with Crippen LogP contribution in [0.15, 0.2) is 23.1 Å². The summed E-state index contributed by atoms with van der Waals surface area (Å²) in [6.45, 7) is 9.23. The Morgan fingerprint density at radius 2 is 1.85 bits per heavy atom. The van der Waals surface area contributed by atoms with Gasteiger partial charge < -0.3 is 5.32 Å². The second-order valence-corrected chi connectivity index (χ2v) is 7.38. The van der Waals surface area contributed by atoms with E-state index in [1.165, 1.54) is 0 Å². The summed E-state index contributed by atoms with van der Waals surface area (Å²) in [5, 5.41) is 3.05. The van der Waals surface area contributed by atoms with Gasteiger partial charge in [0.15, 0.2) is 0 Å². The maximum Gasteiger partial charge on any atom is 0.240 e. The van der Waals surface area contributed by atoms with Gasteiger partial charge in [0.25, 0.3) is 0 Å². The summed E-state index contributed by atoms with van der Waals surface area (Å²) in [4.78, 5) is 0.376. The molecule has 0 radical (unpaired) electrons. The summed E-state index contributed by atoms with van der Waals surface area (Å²) in [6.07, 6.45) is 0. The molecule has 0 amide bonds. The molecule has 0 spiro atoms. The third-order valence-corrected chi connectivity index (χ3v) is 5.35. The standard InChI is InChI=1S/C15H26N2O2S/c1-11(2)12(3)9-17-20(18,19)15-8-6-7-14(10-16-5)13(15)4/h6-8,11-12,16-17H,9-10H2,1-5H3. The van der Waals surface area contributed by atoms with Gasteiger partial charge in [-0.15, -0.1) is 0 Å². The fourth-order valence-electron chi connectivity index (χ4n) is 1.89. The predicted octanol–water partition coefficient (Wildman–Crippen LogP) is 2.28. The van der Waals surface area contributed by atoms with Gasteiger partial charge in [-0.05, 0) is 43.0 Å². The van der Waals surface area contributed by atoms with Gasteiger partial charge >= 0.3 is 0 Å². The first kappa shape index (κ1) is 17.1. The first-order chi connectivity index (χ1) is 9.29. The average molecular weight is 298 g/mol. The van der Waals surface area contributed by atoms with Crippen molar-refractivity contribution in [2.24, 2.45) is 11.8 Å². The van der Waals surface area contributed by atoms with Crippen LogP contribution < -0.4 is 10.0 Å². The monoisotopic (exact) mass is 298 g/mol. The van der Waals surface area contributed by atoms with Crippen LogP contribution in [0.4, 0.5) is 0 Å². The Morgan fingerprint density at radius 1 is 1.20 bits per heavy atom. The summed E-state index contributed by atoms with van der Waals surface area (Å²) in [6, 6.07) is 5.40. The van der Waals surface area contributed by atoms with Crippen LogP contribution in [0, 0.1) is 18.8 Å². The maximum absolute atomic E-state index is 12.4. The van der Waals surface area contributed by atoms with E-state index >= 15 is 0 Å². The summed E-state index contributed by atoms with van der Waals surface area (Å²) in [7, 11) is -1.59. The van der Waals surface area contributed by atoms with Crippen molar-refractivity contribution < 1.29 is 8.42 Å². The SMILES string of the molecule is CNCc1cccc(S(=O)(=O)NCC(C)C(C)C)c1C. The average Bonchev–Trinajstić information content (AvgIpc) is 2.38. The van der Waals surface area contributed by atoms with Gasteiger partial charge in [0.05, 0.1) is 4.90 Å². The van der Waals surface area contributed by atoms with E-state index in [1.54, 1.807) is 12.1 Å². The van der Waals surface area contributed by atoms with Gasteiger partial charge in [-0.3, -0.25) is 0 Å². The number of hydrogen-bond acceptors (Lipinski definition) is 3. The van der Waals surface area contributed by atoms with Crippen molar-refractivity contribution in [1.82, 2.24) is 10.0 Å². The van der Waals surface area contributed by atoms with E-state index in [-0.39, 0.29) is 0 Å². The highest BCUT2D eigenvalue weighted by Crippen LogP contribution is 2.19. The molecule has 0 fully saturated rings. The van der Waals surface area contributed by atoms with Crippen LogP contribution in [-0.2, 0) is 16.6 Å². The molecule has 0 aliphatic rings. The normalized spacial score (nSPS) is 13.7. The number of benzene rings is 1. The zero-order valence-corrected chi connectivity index (χ0v) is 13.8. The lowest BCUT2D eigenvalue weighted by molar-refractivity contribution is 0.414. The van der Waals surface area contributed by atoms with Gasteiger partial charge in [-0.25, -0.2) is 13.1 Å². The molecule has 0 heterocycles. The molecule has 5 heteroatoms. The molecule has 1 unspecified atom stereocenters. The molecular weight excluding hydrogens is 272 g/mol. The molecule has 0 bridgehead atoms. The molecule has 4 nitrogen and oxygen atoms in total. The third-order valence-electron chi connectivity index (χ3n) is 3.79. The maximum atomic E-state index is 12.4. The number of hydrogen-bond donors (Lipinski definition) is 2. The zero-order valence-electron chi connectivity index (χ0n) is 13.0. The highest BCUT2D eigenvalue weighted by atomic mass is 32.2. The van der Waals surface area contributed by atoms with Crippen molar-refractivity contribution in [2.75, 3.05) is 13.6 Å². The van der Waals surface area contributed by atoms with Gasteiger partial charge in [0.2, 0.25) is 10.0 Å². The van der Waals surface area contributed by atoms with Crippen LogP contribution in [0.25, 0.3) is 0 Å². The van der Waals surface area contributed by atoms with Crippen LogP contribution in [0.3, 0.4) is 0 Å². The molecule has 1 atom stereocenters. The smallest absolute Gasteiger partial charge is 0.240 e. The minimum atomic E-state index is -3.44. The Hall–Kier alpha value is -0.910. The quantitative estimate of drug-likeness (QED) is 0.812. The molecule has 20 heavy (non-hydrogen) atoms. The first-order valence-corrected chi connectivity index (χ1v) is 8.50. The lowest BCUT2D eigenvalue weighted by Crippen LogP contribution is -2.30. The predicted molar refractivity (Wildman–Crippen MR) is 83.1 cm³/mol. The Morgan fingerprint density at radius 3 is 2.40 bits per heavy atom. The lowest BCUT2D eigenvalue weighted by atomic mass is 9.99. The highest BCUT2D eigenvalue weighted by Gasteiger charge is 2.19. The summed E-state index contributed by atoms with van der Waals surface area (Å²) in [5.74, 6) is 0.764. The summed E-state index contributed by atoms with van der Waals surface area (Å²) < 4.78 is 27.5. The number of rotatable bonds is 7. The molecular formula is C15H26N2O2S. The van der Waals surface area contributed by atoms with E-state index in [9.17, 15) is 8.42 Å². The minimum absolute atomic E-state index is 0.311. The van der Waals surface area contributed by atoms with Gasteiger partial charge in [-0.2, -0.15) is 0 Å². The summed E-state index contributed by atoms with van der Waals surface area (Å²) >= 11 is 0. The van der Waals surface area contributed by atoms with Crippen LogP contribution >= 0.6 is 0 Å². The number of sulfonamides is 1. The first-order valence-electron chi connectivity index (χ1n) is 7.02. The molecule has 1 rings (SSSR count). The fraction of sp³-hybridized carbons (Fsp3) is 0.600. The van der Waals surface area contributed by atoms with Crippen molar-refractivity contribution >= 4 is 10.0 Å². The van der Waals surface area contributed by atoms with E-state index in [1.807, 2.05) is 20.0 Å². The van der Waals surface area contributed by atoms with Crippen molar-refractivity contribution in [3.8, 4) is 0 Å². The van der Waals surface area contributed by atoms with Crippen molar-refractivity contribution in [2.45, 2.75) is 39.1 Å². The topological polar surface area (TPSA) is 58.2 Å². The van der Waals surface area contributed by atoms with Crippen LogP contribution in [0.1, 0.15) is 31.9 Å². The Bertz CT molecular complexity index is 539. The molecule has 1 aromatic carbocycles. The molecule has 1 aromatic rings. The highest BCUT2D eigenvalue weighted by molar-refractivity contribution is 7.89. The van der Waals surface area contributed by atoms with Gasteiger partial charge in [0.1, 0.15) is 0 Å². The second kappa shape index (κ2) is 7.20. The number of nitrogens with one attached hydrogen (secondary N) is 2. The Labute approximate surface area is 123 Å². The third kappa shape index (κ3) is 4.30. The van der Waals surface area contributed by atoms with Crippen LogP contribution in [0.5, 0.6) is 0 Å². The molecule has 0 saturated heterocycles. The molecule has 0 aromatic heterocycles. The van der Waals surface area contributed by atoms with E-state index in [0.29, 0.717) is 29.8 Å².